The van der Waals surface area contributed by atoms with Crippen molar-refractivity contribution in [2.75, 3.05) is 6.54 Å². The number of aromatic amines is 1. The zero-order valence-corrected chi connectivity index (χ0v) is 11.1. The molecule has 1 aromatic heterocycles. The van der Waals surface area contributed by atoms with Crippen LogP contribution in [0.15, 0.2) is 21.9 Å². The predicted molar refractivity (Wildman–Crippen MR) is 70.4 cm³/mol. The van der Waals surface area contributed by atoms with Crippen molar-refractivity contribution in [1.29, 1.82) is 0 Å². The number of hydrogen-bond acceptors (Lipinski definition) is 4. The van der Waals surface area contributed by atoms with Gasteiger partial charge in [-0.1, -0.05) is 13.3 Å². The maximum Gasteiger partial charge on any atom is 0.328 e. The lowest BCUT2D eigenvalue weighted by Gasteiger charge is -2.13. The number of amides is 1. The highest BCUT2D eigenvalue weighted by Gasteiger charge is 2.13. The first kappa shape index (κ1) is 15.7. The van der Waals surface area contributed by atoms with Gasteiger partial charge in [-0.15, -0.1) is 0 Å². The zero-order valence-electron chi connectivity index (χ0n) is 11.1. The Bertz CT molecular complexity index is 589. The average molecular weight is 283 g/mol. The molecule has 1 amide bonds. The molecule has 110 valence electrons. The van der Waals surface area contributed by atoms with Gasteiger partial charge in [-0.25, -0.2) is 4.79 Å². The van der Waals surface area contributed by atoms with Crippen molar-refractivity contribution in [2.24, 2.45) is 5.92 Å². The third-order valence-electron chi connectivity index (χ3n) is 2.84. The fourth-order valence-corrected chi connectivity index (χ4v) is 1.65. The molecule has 0 aliphatic carbocycles. The molecule has 3 N–H and O–H groups in total. The van der Waals surface area contributed by atoms with E-state index in [-0.39, 0.29) is 25.4 Å². The standard InChI is InChI=1S/C12H17N3O5/c1-2-8(5-11(18)19)6-13-10(17)7-15-4-3-9(16)14-12(15)20/h3-4,8H,2,5-7H2,1H3,(H,13,17)(H,18,19)(H,14,16,20). The maximum absolute atomic E-state index is 11.6. The summed E-state index contributed by atoms with van der Waals surface area (Å²) in [6.07, 6.45) is 1.84. The summed E-state index contributed by atoms with van der Waals surface area (Å²) in [7, 11) is 0. The highest BCUT2D eigenvalue weighted by molar-refractivity contribution is 5.75. The molecule has 1 aromatic rings. The van der Waals surface area contributed by atoms with E-state index in [0.717, 1.165) is 10.6 Å². The number of rotatable bonds is 7. The summed E-state index contributed by atoms with van der Waals surface area (Å²) in [5, 5.41) is 11.3. The quantitative estimate of drug-likeness (QED) is 0.602. The number of carbonyl (C=O) groups is 2. The zero-order chi connectivity index (χ0) is 15.1. The summed E-state index contributed by atoms with van der Waals surface area (Å²) in [5.41, 5.74) is -1.19. The number of H-pyrrole nitrogens is 1. The van der Waals surface area contributed by atoms with Crippen LogP contribution in [-0.2, 0) is 16.1 Å². The molecule has 0 aromatic carbocycles. The first-order valence-electron chi connectivity index (χ1n) is 6.20. The smallest absolute Gasteiger partial charge is 0.328 e. The van der Waals surface area contributed by atoms with Gasteiger partial charge < -0.3 is 10.4 Å². The van der Waals surface area contributed by atoms with Gasteiger partial charge in [0.1, 0.15) is 6.54 Å². The fraction of sp³-hybridized carbons (Fsp3) is 0.500. The van der Waals surface area contributed by atoms with Crippen LogP contribution in [0.1, 0.15) is 19.8 Å². The van der Waals surface area contributed by atoms with E-state index in [1.807, 2.05) is 11.9 Å². The summed E-state index contributed by atoms with van der Waals surface area (Å²) < 4.78 is 1.06. The van der Waals surface area contributed by atoms with Crippen molar-refractivity contribution in [3.8, 4) is 0 Å². The van der Waals surface area contributed by atoms with Crippen LogP contribution in [0, 0.1) is 5.92 Å². The van der Waals surface area contributed by atoms with Gasteiger partial charge in [-0.05, 0) is 5.92 Å². The summed E-state index contributed by atoms with van der Waals surface area (Å²) >= 11 is 0. The Hall–Kier alpha value is -2.38. The molecular weight excluding hydrogens is 266 g/mol. The van der Waals surface area contributed by atoms with Gasteiger partial charge >= 0.3 is 11.7 Å². The molecule has 0 fully saturated rings. The molecule has 20 heavy (non-hydrogen) atoms. The van der Waals surface area contributed by atoms with Crippen molar-refractivity contribution in [1.82, 2.24) is 14.9 Å². The number of carboxylic acid groups (broad SMARTS) is 1. The van der Waals surface area contributed by atoms with Crippen LogP contribution in [0.4, 0.5) is 0 Å². The molecule has 1 heterocycles. The van der Waals surface area contributed by atoms with E-state index < -0.39 is 23.1 Å². The minimum absolute atomic E-state index is 0.0185. The van der Waals surface area contributed by atoms with Gasteiger partial charge in [0.2, 0.25) is 5.91 Å². The van der Waals surface area contributed by atoms with Crippen molar-refractivity contribution in [3.05, 3.63) is 33.1 Å². The summed E-state index contributed by atoms with van der Waals surface area (Å²) in [5.74, 6) is -1.48. The van der Waals surface area contributed by atoms with E-state index >= 15 is 0 Å². The minimum Gasteiger partial charge on any atom is -0.481 e. The van der Waals surface area contributed by atoms with Gasteiger partial charge in [-0.2, -0.15) is 0 Å². The Morgan fingerprint density at radius 3 is 2.70 bits per heavy atom. The van der Waals surface area contributed by atoms with Crippen molar-refractivity contribution >= 4 is 11.9 Å². The number of nitrogens with one attached hydrogen (secondary N) is 2. The highest BCUT2D eigenvalue weighted by atomic mass is 16.4. The number of nitrogens with zero attached hydrogens (tertiary/aromatic N) is 1. The van der Waals surface area contributed by atoms with Crippen LogP contribution in [0.25, 0.3) is 0 Å². The Morgan fingerprint density at radius 2 is 2.15 bits per heavy atom. The van der Waals surface area contributed by atoms with Crippen LogP contribution < -0.4 is 16.6 Å². The van der Waals surface area contributed by atoms with Crippen LogP contribution in [-0.4, -0.2) is 33.1 Å². The van der Waals surface area contributed by atoms with Crippen LogP contribution in [0.2, 0.25) is 0 Å². The lowest BCUT2D eigenvalue weighted by Crippen LogP contribution is -2.37. The molecule has 0 aliphatic heterocycles. The molecule has 0 bridgehead atoms. The Labute approximate surface area is 114 Å². The number of carbonyl (C=O) groups excluding carboxylic acids is 1. The molecule has 0 saturated carbocycles. The third kappa shape index (κ3) is 5.09. The van der Waals surface area contributed by atoms with E-state index in [4.69, 9.17) is 5.11 Å². The van der Waals surface area contributed by atoms with Crippen molar-refractivity contribution in [3.63, 3.8) is 0 Å². The SMILES string of the molecule is CCC(CNC(=O)Cn1ccc(=O)[nH]c1=O)CC(=O)O. The van der Waals surface area contributed by atoms with Crippen LogP contribution in [0.3, 0.4) is 0 Å². The minimum atomic E-state index is -0.914. The van der Waals surface area contributed by atoms with E-state index in [1.54, 1.807) is 0 Å². The topological polar surface area (TPSA) is 121 Å². The second kappa shape index (κ2) is 7.27. The number of aromatic nitrogens is 2. The highest BCUT2D eigenvalue weighted by Crippen LogP contribution is 2.06. The molecule has 8 nitrogen and oxygen atoms in total. The molecule has 1 unspecified atom stereocenters. The largest absolute Gasteiger partial charge is 0.481 e. The summed E-state index contributed by atoms with van der Waals surface area (Å²) in [6, 6.07) is 1.15. The van der Waals surface area contributed by atoms with E-state index in [1.165, 1.54) is 6.20 Å². The summed E-state index contributed by atoms with van der Waals surface area (Å²) in [6.45, 7) is 1.85. The monoisotopic (exact) mass is 283 g/mol. The average Bonchev–Trinajstić information content (AvgIpc) is 2.37. The third-order valence-corrected chi connectivity index (χ3v) is 2.84. The fourth-order valence-electron chi connectivity index (χ4n) is 1.65. The molecule has 1 rings (SSSR count). The normalized spacial score (nSPS) is 11.8. The molecule has 0 aliphatic rings. The van der Waals surface area contributed by atoms with Crippen LogP contribution in [0.5, 0.6) is 0 Å². The maximum atomic E-state index is 11.6. The van der Waals surface area contributed by atoms with Gasteiger partial charge in [0, 0.05) is 25.2 Å². The van der Waals surface area contributed by atoms with Crippen molar-refractivity contribution in [2.45, 2.75) is 26.3 Å². The second-order valence-electron chi connectivity index (χ2n) is 4.41. The van der Waals surface area contributed by atoms with E-state index in [0.29, 0.717) is 6.42 Å². The van der Waals surface area contributed by atoms with Crippen LogP contribution >= 0.6 is 0 Å². The predicted octanol–water partition coefficient (Wildman–Crippen LogP) is -0.846. The first-order chi connectivity index (χ1) is 9.42. The molecule has 0 radical (unpaired) electrons. The molecular formula is C12H17N3O5. The number of hydrogen-bond donors (Lipinski definition) is 3. The van der Waals surface area contributed by atoms with Gasteiger partial charge in [-0.3, -0.25) is 23.9 Å². The van der Waals surface area contributed by atoms with E-state index in [9.17, 15) is 19.2 Å². The van der Waals surface area contributed by atoms with Gasteiger partial charge in [0.25, 0.3) is 5.56 Å². The lowest BCUT2D eigenvalue weighted by molar-refractivity contribution is -0.138. The molecule has 0 saturated heterocycles. The Morgan fingerprint density at radius 1 is 1.45 bits per heavy atom. The second-order valence-corrected chi connectivity index (χ2v) is 4.41. The van der Waals surface area contributed by atoms with Crippen molar-refractivity contribution < 1.29 is 14.7 Å². The lowest BCUT2D eigenvalue weighted by atomic mass is 10.0. The van der Waals surface area contributed by atoms with Gasteiger partial charge in [0.05, 0.1) is 0 Å². The Kier molecular flexibility index (Phi) is 5.70. The molecule has 0 spiro atoms. The number of aliphatic carboxylic acids is 1. The summed E-state index contributed by atoms with van der Waals surface area (Å²) in [4.78, 5) is 46.5. The molecule has 8 heteroatoms. The van der Waals surface area contributed by atoms with E-state index in [2.05, 4.69) is 5.32 Å². The van der Waals surface area contributed by atoms with Gasteiger partial charge in [0.15, 0.2) is 0 Å². The molecule has 1 atom stereocenters. The Balaban J connectivity index is 2.53. The first-order valence-corrected chi connectivity index (χ1v) is 6.20. The number of carboxylic acids is 1.